The van der Waals surface area contributed by atoms with Gasteiger partial charge in [-0.1, -0.05) is 24.3 Å². The van der Waals surface area contributed by atoms with E-state index in [1.54, 1.807) is 0 Å². The summed E-state index contributed by atoms with van der Waals surface area (Å²) in [5, 5.41) is 7.59. The predicted octanol–water partition coefficient (Wildman–Crippen LogP) is 3.42. The van der Waals surface area contributed by atoms with E-state index >= 15 is 0 Å². The van der Waals surface area contributed by atoms with E-state index < -0.39 is 5.97 Å². The number of H-pyrrole nitrogens is 1. The molecule has 0 atom stereocenters. The van der Waals surface area contributed by atoms with Crippen LogP contribution >= 0.6 is 0 Å². The Balaban J connectivity index is 1.55. The first-order chi connectivity index (χ1) is 11.1. The van der Waals surface area contributed by atoms with Crippen LogP contribution in [0.3, 0.4) is 0 Å². The van der Waals surface area contributed by atoms with Crippen LogP contribution in [0.15, 0.2) is 42.5 Å². The molecule has 0 aliphatic carbocycles. The second kappa shape index (κ2) is 6.52. The number of fused-ring (bicyclic) bond motifs is 1. The standard InChI is InChI=1S/C18H18N2O3/c1-12-9-13(2)11-14(10-12)22-7-8-23-18(21)17-15-5-3-4-6-16(15)19-20-17/h3-6,9-11H,7-8H2,1-2H3,(H,19,20). The summed E-state index contributed by atoms with van der Waals surface area (Å²) < 4.78 is 10.8. The van der Waals surface area contributed by atoms with E-state index in [9.17, 15) is 4.79 Å². The molecule has 0 bridgehead atoms. The van der Waals surface area contributed by atoms with Gasteiger partial charge in [0.05, 0.1) is 5.52 Å². The Hall–Kier alpha value is -2.82. The van der Waals surface area contributed by atoms with Crippen molar-refractivity contribution in [3.63, 3.8) is 0 Å². The zero-order valence-electron chi connectivity index (χ0n) is 13.1. The van der Waals surface area contributed by atoms with Gasteiger partial charge in [0.2, 0.25) is 0 Å². The van der Waals surface area contributed by atoms with E-state index in [4.69, 9.17) is 9.47 Å². The van der Waals surface area contributed by atoms with Crippen molar-refractivity contribution in [2.75, 3.05) is 13.2 Å². The Morgan fingerprint density at radius 1 is 1.09 bits per heavy atom. The molecule has 0 spiro atoms. The van der Waals surface area contributed by atoms with Crippen LogP contribution in [0, 0.1) is 13.8 Å². The molecule has 118 valence electrons. The van der Waals surface area contributed by atoms with Gasteiger partial charge in [0.15, 0.2) is 5.69 Å². The predicted molar refractivity (Wildman–Crippen MR) is 87.8 cm³/mol. The number of benzene rings is 2. The minimum Gasteiger partial charge on any atom is -0.490 e. The van der Waals surface area contributed by atoms with Gasteiger partial charge in [0, 0.05) is 5.39 Å². The van der Waals surface area contributed by atoms with E-state index in [0.717, 1.165) is 27.8 Å². The van der Waals surface area contributed by atoms with Gasteiger partial charge in [0.25, 0.3) is 0 Å². The van der Waals surface area contributed by atoms with Crippen LogP contribution in [-0.2, 0) is 4.74 Å². The van der Waals surface area contributed by atoms with Gasteiger partial charge in [-0.05, 0) is 43.2 Å². The average Bonchev–Trinajstić information content (AvgIpc) is 2.94. The van der Waals surface area contributed by atoms with Crippen LogP contribution in [-0.4, -0.2) is 29.4 Å². The zero-order valence-corrected chi connectivity index (χ0v) is 13.1. The third-order valence-corrected chi connectivity index (χ3v) is 3.44. The largest absolute Gasteiger partial charge is 0.490 e. The summed E-state index contributed by atoms with van der Waals surface area (Å²) in [7, 11) is 0. The molecule has 0 unspecified atom stereocenters. The zero-order chi connectivity index (χ0) is 16.2. The number of rotatable bonds is 5. The molecular weight excluding hydrogens is 292 g/mol. The number of aromatic nitrogens is 2. The second-order valence-corrected chi connectivity index (χ2v) is 5.43. The van der Waals surface area contributed by atoms with Crippen LogP contribution in [0.25, 0.3) is 10.9 Å². The summed E-state index contributed by atoms with van der Waals surface area (Å²) in [5.41, 5.74) is 3.39. The quantitative estimate of drug-likeness (QED) is 0.579. The molecule has 0 saturated heterocycles. The topological polar surface area (TPSA) is 64.2 Å². The van der Waals surface area contributed by atoms with Gasteiger partial charge in [-0.15, -0.1) is 0 Å². The van der Waals surface area contributed by atoms with Crippen LogP contribution in [0.5, 0.6) is 5.75 Å². The average molecular weight is 310 g/mol. The Morgan fingerprint density at radius 2 is 1.83 bits per heavy atom. The van der Waals surface area contributed by atoms with Gasteiger partial charge in [-0.25, -0.2) is 4.79 Å². The number of ether oxygens (including phenoxy) is 2. The van der Waals surface area contributed by atoms with Gasteiger partial charge in [0.1, 0.15) is 19.0 Å². The molecule has 1 N–H and O–H groups in total. The van der Waals surface area contributed by atoms with Crippen LogP contribution in [0.2, 0.25) is 0 Å². The van der Waals surface area contributed by atoms with E-state index in [0.29, 0.717) is 12.3 Å². The monoisotopic (exact) mass is 310 g/mol. The molecule has 1 aromatic heterocycles. The number of nitrogens with one attached hydrogen (secondary N) is 1. The van der Waals surface area contributed by atoms with Crippen molar-refractivity contribution in [2.45, 2.75) is 13.8 Å². The highest BCUT2D eigenvalue weighted by Gasteiger charge is 2.14. The van der Waals surface area contributed by atoms with Crippen LogP contribution in [0.1, 0.15) is 21.6 Å². The minimum absolute atomic E-state index is 0.174. The summed E-state index contributed by atoms with van der Waals surface area (Å²) in [6, 6.07) is 13.4. The molecule has 0 fully saturated rings. The minimum atomic E-state index is -0.452. The third-order valence-electron chi connectivity index (χ3n) is 3.44. The van der Waals surface area contributed by atoms with Crippen LogP contribution < -0.4 is 4.74 Å². The molecule has 3 aromatic rings. The highest BCUT2D eigenvalue weighted by molar-refractivity contribution is 6.01. The number of carbonyl (C=O) groups is 1. The van der Waals surface area contributed by atoms with Crippen molar-refractivity contribution in [2.24, 2.45) is 0 Å². The van der Waals surface area contributed by atoms with Crippen LogP contribution in [0.4, 0.5) is 0 Å². The van der Waals surface area contributed by atoms with Crippen molar-refractivity contribution >= 4 is 16.9 Å². The van der Waals surface area contributed by atoms with E-state index in [1.807, 2.05) is 50.2 Å². The summed E-state index contributed by atoms with van der Waals surface area (Å²) in [5.74, 6) is 0.329. The number of hydrogen-bond acceptors (Lipinski definition) is 4. The number of carbonyl (C=O) groups excluding carboxylic acids is 1. The fourth-order valence-corrected chi connectivity index (χ4v) is 2.50. The van der Waals surface area contributed by atoms with Crippen molar-refractivity contribution in [1.29, 1.82) is 0 Å². The van der Waals surface area contributed by atoms with Crippen molar-refractivity contribution in [3.05, 3.63) is 59.3 Å². The molecule has 0 aliphatic heterocycles. The Bertz CT molecular complexity index is 819. The number of esters is 1. The fraction of sp³-hybridized carbons (Fsp3) is 0.222. The molecule has 0 aliphatic rings. The first-order valence-electron chi connectivity index (χ1n) is 7.45. The molecule has 0 radical (unpaired) electrons. The Kier molecular flexibility index (Phi) is 4.28. The molecule has 23 heavy (non-hydrogen) atoms. The summed E-state index contributed by atoms with van der Waals surface area (Å²) in [4.78, 5) is 12.1. The number of aromatic amines is 1. The first kappa shape index (κ1) is 15.1. The first-order valence-corrected chi connectivity index (χ1v) is 7.45. The van der Waals surface area contributed by atoms with Crippen molar-refractivity contribution in [3.8, 4) is 5.75 Å². The lowest BCUT2D eigenvalue weighted by atomic mass is 10.1. The lowest BCUT2D eigenvalue weighted by Gasteiger charge is -2.08. The maximum atomic E-state index is 12.1. The Labute approximate surface area is 134 Å². The normalized spacial score (nSPS) is 10.7. The molecule has 1 heterocycles. The van der Waals surface area contributed by atoms with E-state index in [2.05, 4.69) is 16.3 Å². The van der Waals surface area contributed by atoms with Crippen molar-refractivity contribution < 1.29 is 14.3 Å². The Morgan fingerprint density at radius 3 is 2.61 bits per heavy atom. The smallest absolute Gasteiger partial charge is 0.359 e. The van der Waals surface area contributed by atoms with E-state index in [-0.39, 0.29) is 6.61 Å². The fourth-order valence-electron chi connectivity index (χ4n) is 2.50. The molecule has 5 nitrogen and oxygen atoms in total. The van der Waals surface area contributed by atoms with Gasteiger partial charge in [-0.3, -0.25) is 5.10 Å². The van der Waals surface area contributed by atoms with Crippen molar-refractivity contribution in [1.82, 2.24) is 10.2 Å². The lowest BCUT2D eigenvalue weighted by molar-refractivity contribution is 0.0445. The molecule has 0 amide bonds. The highest BCUT2D eigenvalue weighted by Crippen LogP contribution is 2.17. The number of hydrogen-bond donors (Lipinski definition) is 1. The maximum absolute atomic E-state index is 12.1. The van der Waals surface area contributed by atoms with E-state index in [1.165, 1.54) is 0 Å². The molecule has 5 heteroatoms. The molecule has 0 saturated carbocycles. The van der Waals surface area contributed by atoms with Gasteiger partial charge < -0.3 is 9.47 Å². The van der Waals surface area contributed by atoms with Gasteiger partial charge in [-0.2, -0.15) is 5.10 Å². The highest BCUT2D eigenvalue weighted by atomic mass is 16.6. The SMILES string of the molecule is Cc1cc(C)cc(OCCOC(=O)c2n[nH]c3ccccc23)c1. The summed E-state index contributed by atoms with van der Waals surface area (Å²) >= 11 is 0. The third kappa shape index (κ3) is 3.51. The molecular formula is C18H18N2O3. The maximum Gasteiger partial charge on any atom is 0.359 e. The second-order valence-electron chi connectivity index (χ2n) is 5.43. The van der Waals surface area contributed by atoms with Gasteiger partial charge >= 0.3 is 5.97 Å². The number of nitrogens with zero attached hydrogens (tertiary/aromatic N) is 1. The number of aryl methyl sites for hydroxylation is 2. The number of para-hydroxylation sites is 1. The molecule has 2 aromatic carbocycles. The lowest BCUT2D eigenvalue weighted by Crippen LogP contribution is -2.13. The molecule has 3 rings (SSSR count). The summed E-state index contributed by atoms with van der Waals surface area (Å²) in [6.45, 7) is 4.51. The summed E-state index contributed by atoms with van der Waals surface area (Å²) in [6.07, 6.45) is 0.